The van der Waals surface area contributed by atoms with Crippen LogP contribution >= 0.6 is 23.2 Å². The van der Waals surface area contributed by atoms with E-state index in [0.29, 0.717) is 84.1 Å². The molecule has 0 radical (unpaired) electrons. The molecule has 0 N–H and O–H groups in total. The number of esters is 1. The number of aromatic nitrogens is 2. The van der Waals surface area contributed by atoms with Crippen LogP contribution in [0.4, 0.5) is 14.6 Å². The number of alkyl halides is 1. The van der Waals surface area contributed by atoms with E-state index in [1.54, 1.807) is 19.1 Å². The van der Waals surface area contributed by atoms with Gasteiger partial charge < -0.3 is 28.6 Å². The topological polar surface area (TPSA) is 83.8 Å². The van der Waals surface area contributed by atoms with Crippen molar-refractivity contribution < 1.29 is 37.3 Å². The quantitative estimate of drug-likeness (QED) is 0.116. The van der Waals surface area contributed by atoms with Crippen LogP contribution in [0.3, 0.4) is 0 Å². The third kappa shape index (κ3) is 7.61. The number of hydrogen-bond donors (Lipinski definition) is 0. The molecule has 5 heterocycles. The van der Waals surface area contributed by atoms with Crippen LogP contribution in [-0.4, -0.2) is 72.7 Å². The highest BCUT2D eigenvalue weighted by Gasteiger charge is 2.39. The molecule has 0 aliphatic carbocycles. The van der Waals surface area contributed by atoms with Crippen molar-refractivity contribution in [2.24, 2.45) is 0 Å². The molecule has 13 heteroatoms. The second-order valence-electron chi connectivity index (χ2n) is 14.7. The lowest BCUT2D eigenvalue weighted by molar-refractivity contribution is -0.164. The third-order valence-electron chi connectivity index (χ3n) is 9.63. The van der Waals surface area contributed by atoms with Gasteiger partial charge >= 0.3 is 5.97 Å². The first-order valence-electron chi connectivity index (χ1n) is 17.4. The van der Waals surface area contributed by atoms with Gasteiger partial charge in [-0.2, -0.15) is 0 Å². The highest BCUT2D eigenvalue weighted by atomic mass is 35.5. The molecule has 0 amide bonds. The zero-order valence-electron chi connectivity index (χ0n) is 30.6. The van der Waals surface area contributed by atoms with E-state index in [1.165, 1.54) is 7.11 Å². The molecule has 0 unspecified atom stereocenters. The molecule has 4 aromatic rings. The minimum atomic E-state index is -1.11. The number of fused-ring (bicyclic) bond motifs is 8. The highest BCUT2D eigenvalue weighted by Crippen LogP contribution is 2.45. The summed E-state index contributed by atoms with van der Waals surface area (Å²) in [6.45, 7) is 13.5. The molecule has 1 fully saturated rings. The van der Waals surface area contributed by atoms with Crippen molar-refractivity contribution in [2.45, 2.75) is 83.7 Å². The third-order valence-corrected chi connectivity index (χ3v) is 10.2. The van der Waals surface area contributed by atoms with Crippen molar-refractivity contribution in [1.29, 1.82) is 0 Å². The zero-order valence-corrected chi connectivity index (χ0v) is 32.1. The van der Waals surface area contributed by atoms with Crippen LogP contribution in [0.1, 0.15) is 70.3 Å². The first kappa shape index (κ1) is 38.3. The fraction of sp³-hybridized carbons (Fsp3) is 0.487. The van der Waals surface area contributed by atoms with Gasteiger partial charge in [-0.1, -0.05) is 29.8 Å². The first-order valence-corrected chi connectivity index (χ1v) is 18.3. The summed E-state index contributed by atoms with van der Waals surface area (Å²) >= 11 is 14.1. The summed E-state index contributed by atoms with van der Waals surface area (Å²) in [5, 5.41) is 0.278. The molecule has 2 aromatic heterocycles. The first-order chi connectivity index (χ1) is 24.6. The molecule has 7 rings (SSSR count). The standard InChI is InChI=1S/C39H45Cl2F2N3O6/c1-22-21-49-15-16-50-39(6)11-13-45(14-12-39)36-31(33(37(47)48-7)52-38(3,4)5)23(2)27(20-40)35-44-32(34(41)46(35)36)25-10-8-9-24(17-25)26-18-28(42)29(43)19-30(26)51-22/h8-10,17-19,22,33H,11-16,20-21H2,1-7H3/t22-,33-/m0/s1. The number of carbonyl (C=O) groups is 1. The zero-order chi connectivity index (χ0) is 37.5. The monoisotopic (exact) mass is 759 g/mol. The maximum absolute atomic E-state index is 14.8. The molecule has 1 saturated heterocycles. The van der Waals surface area contributed by atoms with Crippen LogP contribution in [0.15, 0.2) is 36.4 Å². The molecule has 2 atom stereocenters. The normalized spacial score (nSPS) is 20.4. The van der Waals surface area contributed by atoms with E-state index in [4.69, 9.17) is 51.9 Å². The van der Waals surface area contributed by atoms with Gasteiger partial charge in [-0.05, 0) is 77.6 Å². The molecule has 9 nitrogen and oxygen atoms in total. The fourth-order valence-electron chi connectivity index (χ4n) is 6.94. The van der Waals surface area contributed by atoms with Crippen LogP contribution in [0.5, 0.6) is 5.75 Å². The van der Waals surface area contributed by atoms with Gasteiger partial charge in [-0.3, -0.25) is 4.40 Å². The van der Waals surface area contributed by atoms with Crippen LogP contribution in [0.2, 0.25) is 5.15 Å². The van der Waals surface area contributed by atoms with Gasteiger partial charge in [0.25, 0.3) is 0 Å². The Balaban J connectivity index is 1.63. The molecule has 0 saturated carbocycles. The summed E-state index contributed by atoms with van der Waals surface area (Å²) in [6.07, 6.45) is -0.233. The van der Waals surface area contributed by atoms with E-state index in [0.717, 1.165) is 17.7 Å². The summed E-state index contributed by atoms with van der Waals surface area (Å²) in [4.78, 5) is 20.9. The van der Waals surface area contributed by atoms with Crippen molar-refractivity contribution in [3.05, 3.63) is 69.9 Å². The molecule has 6 bridgehead atoms. The molecule has 2 aromatic carbocycles. The Labute approximate surface area is 313 Å². The second-order valence-corrected chi connectivity index (χ2v) is 15.3. The van der Waals surface area contributed by atoms with Crippen molar-refractivity contribution in [1.82, 2.24) is 9.38 Å². The van der Waals surface area contributed by atoms with Gasteiger partial charge in [0.1, 0.15) is 34.2 Å². The Morgan fingerprint density at radius 1 is 1.12 bits per heavy atom. The Kier molecular flexibility index (Phi) is 11.1. The van der Waals surface area contributed by atoms with Crippen LogP contribution in [0, 0.1) is 18.6 Å². The number of anilines is 1. The number of carbonyl (C=O) groups excluding carboxylic acids is 1. The molecule has 52 heavy (non-hydrogen) atoms. The van der Waals surface area contributed by atoms with E-state index in [2.05, 4.69) is 11.8 Å². The van der Waals surface area contributed by atoms with Crippen LogP contribution < -0.4 is 9.64 Å². The number of pyridine rings is 1. The Morgan fingerprint density at radius 3 is 2.48 bits per heavy atom. The molecule has 3 aliphatic rings. The van der Waals surface area contributed by atoms with E-state index in [9.17, 15) is 13.6 Å². The van der Waals surface area contributed by atoms with E-state index < -0.39 is 41.0 Å². The average Bonchev–Trinajstić information content (AvgIpc) is 3.43. The smallest absolute Gasteiger partial charge is 0.339 e. The Morgan fingerprint density at radius 2 is 1.81 bits per heavy atom. The lowest BCUT2D eigenvalue weighted by Gasteiger charge is -2.42. The summed E-state index contributed by atoms with van der Waals surface area (Å²) in [6, 6.07) is 9.40. The number of methoxy groups -OCH3 is 1. The van der Waals surface area contributed by atoms with Gasteiger partial charge in [0.05, 0.1) is 44.0 Å². The van der Waals surface area contributed by atoms with E-state index in [-0.39, 0.29) is 23.4 Å². The van der Waals surface area contributed by atoms with Gasteiger partial charge in [-0.25, -0.2) is 18.6 Å². The highest BCUT2D eigenvalue weighted by molar-refractivity contribution is 6.32. The predicted octanol–water partition coefficient (Wildman–Crippen LogP) is 8.85. The molecule has 280 valence electrons. The number of rotatable bonds is 4. The predicted molar refractivity (Wildman–Crippen MR) is 198 cm³/mol. The summed E-state index contributed by atoms with van der Waals surface area (Å²) in [5.41, 5.74) is 3.31. The summed E-state index contributed by atoms with van der Waals surface area (Å²) in [7, 11) is 1.34. The number of piperidine rings is 1. The van der Waals surface area contributed by atoms with Crippen molar-refractivity contribution in [3.63, 3.8) is 0 Å². The number of halogens is 4. The number of nitrogens with zero attached hydrogens (tertiary/aromatic N) is 3. The summed E-state index contributed by atoms with van der Waals surface area (Å²) < 4.78 is 61.4. The van der Waals surface area contributed by atoms with Crippen LogP contribution in [-0.2, 0) is 29.6 Å². The van der Waals surface area contributed by atoms with Crippen molar-refractivity contribution in [2.75, 3.05) is 44.9 Å². The number of imidazole rings is 1. The van der Waals surface area contributed by atoms with E-state index >= 15 is 0 Å². The fourth-order valence-corrected chi connectivity index (χ4v) is 7.57. The average molecular weight is 761 g/mol. The molecular formula is C39H45Cl2F2N3O6. The minimum Gasteiger partial charge on any atom is -0.488 e. The SMILES string of the molecule is COC(=O)[C@@H](OC(C)(C)C)c1c(C)c(CCl)c2nc3c(Cl)n2c1N1CCC(C)(CC1)OCCOC[C@H](C)Oc1cc(F)c(F)cc1-c1cccc-3c1. The van der Waals surface area contributed by atoms with Crippen LogP contribution in [0.25, 0.3) is 28.0 Å². The van der Waals surface area contributed by atoms with Crippen molar-refractivity contribution >= 4 is 40.6 Å². The van der Waals surface area contributed by atoms with Gasteiger partial charge in [-0.15, -0.1) is 11.6 Å². The van der Waals surface area contributed by atoms with Crippen molar-refractivity contribution in [3.8, 4) is 28.1 Å². The number of benzene rings is 2. The molecule has 3 aliphatic heterocycles. The lowest BCUT2D eigenvalue weighted by atomic mass is 9.92. The van der Waals surface area contributed by atoms with Gasteiger partial charge in [0, 0.05) is 41.4 Å². The Hall–Kier alpha value is -3.48. The molecule has 0 spiro atoms. The maximum Gasteiger partial charge on any atom is 0.339 e. The number of ether oxygens (including phenoxy) is 5. The summed E-state index contributed by atoms with van der Waals surface area (Å²) in [5.74, 6) is -1.72. The van der Waals surface area contributed by atoms with Gasteiger partial charge in [0.2, 0.25) is 0 Å². The van der Waals surface area contributed by atoms with E-state index in [1.807, 2.05) is 44.2 Å². The molecular weight excluding hydrogens is 715 g/mol. The lowest BCUT2D eigenvalue weighted by Crippen LogP contribution is -2.46. The largest absolute Gasteiger partial charge is 0.488 e. The Bertz CT molecular complexity index is 1970. The second kappa shape index (κ2) is 15.1. The minimum absolute atomic E-state index is 0.0700. The number of hydrogen-bond acceptors (Lipinski definition) is 8. The maximum atomic E-state index is 14.8. The van der Waals surface area contributed by atoms with Gasteiger partial charge in [0.15, 0.2) is 17.7 Å².